The van der Waals surface area contributed by atoms with Gasteiger partial charge >= 0.3 is 5.97 Å². The quantitative estimate of drug-likeness (QED) is 0.601. The van der Waals surface area contributed by atoms with Crippen molar-refractivity contribution in [3.05, 3.63) is 58.3 Å². The molecule has 0 bridgehead atoms. The number of hydrogen-bond acceptors (Lipinski definition) is 3. The molecule has 3 rings (SSSR count). The van der Waals surface area contributed by atoms with Crippen LogP contribution in [0.1, 0.15) is 23.2 Å². The lowest BCUT2D eigenvalue weighted by Gasteiger charge is -2.15. The molecule has 118 valence electrons. The first-order valence-electron chi connectivity index (χ1n) is 7.12. The van der Waals surface area contributed by atoms with E-state index in [0.29, 0.717) is 23.2 Å². The van der Waals surface area contributed by atoms with Crippen LogP contribution in [0.4, 0.5) is 10.1 Å². The van der Waals surface area contributed by atoms with Crippen molar-refractivity contribution in [3.63, 3.8) is 0 Å². The summed E-state index contributed by atoms with van der Waals surface area (Å²) in [4.78, 5) is 25.4. The van der Waals surface area contributed by atoms with Crippen molar-refractivity contribution in [2.75, 3.05) is 11.4 Å². The van der Waals surface area contributed by atoms with Gasteiger partial charge in [-0.15, -0.1) is 0 Å². The van der Waals surface area contributed by atoms with Gasteiger partial charge < -0.3 is 9.64 Å². The van der Waals surface area contributed by atoms with Gasteiger partial charge in [-0.05, 0) is 48.9 Å². The molecule has 2 aromatic carbocycles. The van der Waals surface area contributed by atoms with E-state index in [1.54, 1.807) is 35.2 Å². The van der Waals surface area contributed by atoms with Crippen LogP contribution < -0.4 is 9.64 Å². The molecule has 0 radical (unpaired) electrons. The smallest absolute Gasteiger partial charge is 0.346 e. The number of nitrogens with zero attached hydrogens (tertiary/aromatic N) is 1. The summed E-state index contributed by atoms with van der Waals surface area (Å²) in [6.07, 6.45) is 1.40. The third-order valence-corrected chi connectivity index (χ3v) is 4.08. The molecule has 1 aliphatic heterocycles. The van der Waals surface area contributed by atoms with Crippen molar-refractivity contribution in [1.82, 2.24) is 0 Å². The van der Waals surface area contributed by atoms with Gasteiger partial charge in [-0.2, -0.15) is 0 Å². The van der Waals surface area contributed by atoms with Crippen molar-refractivity contribution in [3.8, 4) is 5.75 Å². The number of anilines is 1. The molecule has 1 heterocycles. The average molecular weight is 378 g/mol. The van der Waals surface area contributed by atoms with E-state index in [9.17, 15) is 14.0 Å². The highest BCUT2D eigenvalue weighted by molar-refractivity contribution is 9.10. The van der Waals surface area contributed by atoms with E-state index in [2.05, 4.69) is 15.9 Å². The highest BCUT2D eigenvalue weighted by atomic mass is 79.9. The minimum atomic E-state index is -0.764. The van der Waals surface area contributed by atoms with E-state index in [1.165, 1.54) is 12.1 Å². The molecular formula is C17H13BrFNO3. The summed E-state index contributed by atoms with van der Waals surface area (Å²) in [5.74, 6) is -1.02. The van der Waals surface area contributed by atoms with Crippen LogP contribution in [-0.2, 0) is 4.79 Å². The summed E-state index contributed by atoms with van der Waals surface area (Å²) in [7, 11) is 0. The third kappa shape index (κ3) is 3.42. The van der Waals surface area contributed by atoms with Gasteiger partial charge in [0.25, 0.3) is 0 Å². The molecule has 0 spiro atoms. The van der Waals surface area contributed by atoms with Crippen molar-refractivity contribution in [2.45, 2.75) is 12.8 Å². The van der Waals surface area contributed by atoms with E-state index in [-0.39, 0.29) is 11.5 Å². The Hall–Kier alpha value is -2.21. The summed E-state index contributed by atoms with van der Waals surface area (Å²) < 4.78 is 19.5. The highest BCUT2D eigenvalue weighted by Gasteiger charge is 2.21. The molecule has 2 aromatic rings. The summed E-state index contributed by atoms with van der Waals surface area (Å²) in [5.41, 5.74) is 0.633. The monoisotopic (exact) mass is 377 g/mol. The second kappa shape index (κ2) is 6.50. The number of carbonyl (C=O) groups is 2. The second-order valence-electron chi connectivity index (χ2n) is 5.16. The van der Waals surface area contributed by atoms with E-state index < -0.39 is 11.8 Å². The van der Waals surface area contributed by atoms with Gasteiger partial charge in [-0.3, -0.25) is 4.79 Å². The fraction of sp³-hybridized carbons (Fsp3) is 0.176. The normalized spacial score (nSPS) is 14.2. The van der Waals surface area contributed by atoms with Gasteiger partial charge in [0.05, 0.1) is 5.56 Å². The Labute approximate surface area is 141 Å². The first kappa shape index (κ1) is 15.7. The lowest BCUT2D eigenvalue weighted by molar-refractivity contribution is -0.117. The minimum absolute atomic E-state index is 0.0895. The second-order valence-corrected chi connectivity index (χ2v) is 6.07. The SMILES string of the molecule is O=C(Oc1ccc(N2CCCC2=O)cc1)c1ccc(Br)cc1F. The van der Waals surface area contributed by atoms with Gasteiger partial charge in [-0.25, -0.2) is 9.18 Å². The molecule has 1 saturated heterocycles. The zero-order chi connectivity index (χ0) is 16.4. The number of rotatable bonds is 3. The molecule has 0 unspecified atom stereocenters. The summed E-state index contributed by atoms with van der Waals surface area (Å²) in [6, 6.07) is 10.7. The lowest BCUT2D eigenvalue weighted by Crippen LogP contribution is -2.23. The Morgan fingerprint density at radius 1 is 1.17 bits per heavy atom. The molecule has 6 heteroatoms. The summed E-state index contributed by atoms with van der Waals surface area (Å²) in [6.45, 7) is 0.696. The zero-order valence-corrected chi connectivity index (χ0v) is 13.7. The largest absolute Gasteiger partial charge is 0.423 e. The Morgan fingerprint density at radius 3 is 2.52 bits per heavy atom. The number of hydrogen-bond donors (Lipinski definition) is 0. The number of halogens is 2. The zero-order valence-electron chi connectivity index (χ0n) is 12.1. The number of ether oxygens (including phenoxy) is 1. The Morgan fingerprint density at radius 2 is 1.91 bits per heavy atom. The number of benzene rings is 2. The van der Waals surface area contributed by atoms with Gasteiger partial charge in [0.15, 0.2) is 0 Å². The van der Waals surface area contributed by atoms with Crippen LogP contribution in [0.3, 0.4) is 0 Å². The predicted octanol–water partition coefficient (Wildman–Crippen LogP) is 3.93. The fourth-order valence-corrected chi connectivity index (χ4v) is 2.77. The van der Waals surface area contributed by atoms with Crippen molar-refractivity contribution >= 4 is 33.5 Å². The van der Waals surface area contributed by atoms with Crippen LogP contribution in [-0.4, -0.2) is 18.4 Å². The van der Waals surface area contributed by atoms with Crippen LogP contribution >= 0.6 is 15.9 Å². The van der Waals surface area contributed by atoms with Gasteiger partial charge in [0.1, 0.15) is 11.6 Å². The first-order chi connectivity index (χ1) is 11.0. The Kier molecular flexibility index (Phi) is 4.43. The summed E-state index contributed by atoms with van der Waals surface area (Å²) >= 11 is 3.13. The maximum Gasteiger partial charge on any atom is 0.346 e. The van der Waals surface area contributed by atoms with Gasteiger partial charge in [0.2, 0.25) is 5.91 Å². The Balaban J connectivity index is 1.73. The molecule has 0 aromatic heterocycles. The fourth-order valence-electron chi connectivity index (χ4n) is 2.43. The molecule has 1 amide bonds. The molecule has 0 N–H and O–H groups in total. The first-order valence-corrected chi connectivity index (χ1v) is 7.91. The van der Waals surface area contributed by atoms with Crippen LogP contribution in [0, 0.1) is 5.82 Å². The molecule has 4 nitrogen and oxygen atoms in total. The molecule has 1 fully saturated rings. The van der Waals surface area contributed by atoms with E-state index in [4.69, 9.17) is 4.74 Å². The molecule has 23 heavy (non-hydrogen) atoms. The molecule has 0 atom stereocenters. The Bertz CT molecular complexity index is 761. The average Bonchev–Trinajstić information content (AvgIpc) is 2.94. The molecular weight excluding hydrogens is 365 g/mol. The van der Waals surface area contributed by atoms with E-state index in [0.717, 1.165) is 12.1 Å². The molecule has 0 saturated carbocycles. The van der Waals surface area contributed by atoms with Crippen molar-refractivity contribution < 1.29 is 18.7 Å². The molecule has 0 aliphatic carbocycles. The van der Waals surface area contributed by atoms with Crippen molar-refractivity contribution in [2.24, 2.45) is 0 Å². The van der Waals surface area contributed by atoms with Crippen LogP contribution in [0.2, 0.25) is 0 Å². The van der Waals surface area contributed by atoms with E-state index >= 15 is 0 Å². The topological polar surface area (TPSA) is 46.6 Å². The molecule has 1 aliphatic rings. The lowest BCUT2D eigenvalue weighted by atomic mass is 10.2. The maximum atomic E-state index is 13.7. The van der Waals surface area contributed by atoms with Gasteiger partial charge in [-0.1, -0.05) is 15.9 Å². The summed E-state index contributed by atoms with van der Waals surface area (Å²) in [5, 5.41) is 0. The standard InChI is InChI=1S/C17H13BrFNO3/c18-11-3-8-14(15(19)10-11)17(22)23-13-6-4-12(5-7-13)20-9-1-2-16(20)21/h3-8,10H,1-2,9H2. The number of amides is 1. The van der Waals surface area contributed by atoms with Crippen LogP contribution in [0.5, 0.6) is 5.75 Å². The van der Waals surface area contributed by atoms with E-state index in [1.807, 2.05) is 0 Å². The minimum Gasteiger partial charge on any atom is -0.423 e. The number of carbonyl (C=O) groups excluding carboxylic acids is 2. The predicted molar refractivity (Wildman–Crippen MR) is 87.1 cm³/mol. The number of esters is 1. The van der Waals surface area contributed by atoms with Crippen LogP contribution in [0.25, 0.3) is 0 Å². The van der Waals surface area contributed by atoms with Gasteiger partial charge in [0, 0.05) is 23.1 Å². The van der Waals surface area contributed by atoms with Crippen LogP contribution in [0.15, 0.2) is 46.9 Å². The third-order valence-electron chi connectivity index (χ3n) is 3.58. The highest BCUT2D eigenvalue weighted by Crippen LogP contribution is 2.24. The maximum absolute atomic E-state index is 13.7. The van der Waals surface area contributed by atoms with Crippen molar-refractivity contribution in [1.29, 1.82) is 0 Å².